The highest BCUT2D eigenvalue weighted by Crippen LogP contribution is 2.51. The first-order valence-corrected chi connectivity index (χ1v) is 11.7. The first-order valence-electron chi connectivity index (χ1n) is 11.7. The van der Waals surface area contributed by atoms with E-state index in [1.807, 2.05) is 6.07 Å². The van der Waals surface area contributed by atoms with Crippen LogP contribution in [0.25, 0.3) is 0 Å². The number of rotatable bonds is 4. The number of benzene rings is 3. The second kappa shape index (κ2) is 8.71. The van der Waals surface area contributed by atoms with E-state index in [4.69, 9.17) is 18.9 Å². The molecule has 2 unspecified atom stereocenters. The van der Waals surface area contributed by atoms with E-state index in [1.165, 1.54) is 33.4 Å². The van der Waals surface area contributed by atoms with Crippen LogP contribution in [0.5, 0.6) is 23.0 Å². The highest BCUT2D eigenvalue weighted by atomic mass is 35.5. The Bertz CT molecular complexity index is 1240. The molecule has 6 rings (SSSR count). The van der Waals surface area contributed by atoms with Gasteiger partial charge in [-0.1, -0.05) is 30.3 Å². The minimum atomic E-state index is 0. The fraction of sp³-hybridized carbons (Fsp3) is 0.357. The second-order valence-corrected chi connectivity index (χ2v) is 9.50. The fourth-order valence-electron chi connectivity index (χ4n) is 6.10. The Hall–Kier alpha value is -2.89. The minimum absolute atomic E-state index is 0. The average Bonchev–Trinajstić information content (AvgIpc) is 3.30. The summed E-state index contributed by atoms with van der Waals surface area (Å²) in [6, 6.07) is 17.9. The highest BCUT2D eigenvalue weighted by molar-refractivity contribution is 5.54. The Morgan fingerprint density at radius 2 is 1.76 bits per heavy atom. The van der Waals surface area contributed by atoms with Gasteiger partial charge in [-0.15, -0.1) is 0 Å². The molecule has 0 fully saturated rings. The summed E-state index contributed by atoms with van der Waals surface area (Å²) in [5.74, 6) is 3.45. The van der Waals surface area contributed by atoms with Crippen molar-refractivity contribution in [3.63, 3.8) is 0 Å². The molecule has 178 valence electrons. The molecule has 0 spiro atoms. The standard InChI is InChI=1S/C28H30NO4.ClH/c1-18-6-4-5-7-21(18)15-29-11-10-20-13-26-27(33-17-32-26)14-22(20)24(29)12-19-8-9-25(30-2)28(31-3)23(19)16-29;/h4-9,13-14,24H,10-12,15-17H2,1-3H3;1H/q+1;/p-1. The molecule has 3 aliphatic heterocycles. The number of fused-ring (bicyclic) bond motifs is 5. The summed E-state index contributed by atoms with van der Waals surface area (Å²) in [7, 11) is 3.47. The molecule has 0 N–H and O–H groups in total. The van der Waals surface area contributed by atoms with Crippen LogP contribution in [0.2, 0.25) is 0 Å². The zero-order chi connectivity index (χ0) is 22.6. The van der Waals surface area contributed by atoms with E-state index in [9.17, 15) is 0 Å². The molecule has 0 aliphatic carbocycles. The molecular weight excluding hydrogens is 450 g/mol. The molecule has 0 saturated heterocycles. The highest BCUT2D eigenvalue weighted by Gasteiger charge is 2.48. The largest absolute Gasteiger partial charge is 1.00 e. The molecule has 0 aromatic heterocycles. The van der Waals surface area contributed by atoms with E-state index < -0.39 is 0 Å². The SMILES string of the molecule is COc1ccc2c(c1OC)C[N+]1(Cc3ccccc3C)CCc3cc4c(cc3C1C2)OCO4.[Cl-]. The quantitative estimate of drug-likeness (QED) is 0.537. The monoisotopic (exact) mass is 479 g/mol. The number of nitrogens with zero attached hydrogens (tertiary/aromatic N) is 1. The molecular formula is C28H30ClNO4. The molecule has 3 aromatic rings. The molecule has 0 bridgehead atoms. The first kappa shape index (κ1) is 22.9. The van der Waals surface area contributed by atoms with Crippen LogP contribution in [-0.4, -0.2) is 32.0 Å². The third-order valence-corrected chi connectivity index (χ3v) is 7.86. The number of halogens is 1. The molecule has 34 heavy (non-hydrogen) atoms. The lowest BCUT2D eigenvalue weighted by molar-refractivity contribution is -0.985. The molecule has 3 aliphatic rings. The summed E-state index contributed by atoms with van der Waals surface area (Å²) in [5.41, 5.74) is 8.19. The van der Waals surface area contributed by atoms with Crippen molar-refractivity contribution < 1.29 is 35.8 Å². The molecule has 3 heterocycles. The number of hydrogen-bond donors (Lipinski definition) is 0. The molecule has 0 saturated carbocycles. The van der Waals surface area contributed by atoms with Crippen molar-refractivity contribution in [1.82, 2.24) is 0 Å². The number of ether oxygens (including phenoxy) is 4. The van der Waals surface area contributed by atoms with Crippen molar-refractivity contribution in [2.75, 3.05) is 27.6 Å². The summed E-state index contributed by atoms with van der Waals surface area (Å²) >= 11 is 0. The fourth-order valence-corrected chi connectivity index (χ4v) is 6.10. The maximum absolute atomic E-state index is 5.89. The van der Waals surface area contributed by atoms with Gasteiger partial charge in [0.05, 0.1) is 26.3 Å². The van der Waals surface area contributed by atoms with Crippen LogP contribution < -0.4 is 31.4 Å². The normalized spacial score (nSPS) is 21.6. The number of aryl methyl sites for hydroxylation is 1. The van der Waals surface area contributed by atoms with E-state index in [-0.39, 0.29) is 12.4 Å². The maximum Gasteiger partial charge on any atom is 0.231 e. The molecule has 6 heteroatoms. The van der Waals surface area contributed by atoms with Gasteiger partial charge in [0.15, 0.2) is 23.0 Å². The number of hydrogen-bond acceptors (Lipinski definition) is 4. The van der Waals surface area contributed by atoms with Gasteiger partial charge in [0, 0.05) is 24.0 Å². The summed E-state index contributed by atoms with van der Waals surface area (Å²) in [4.78, 5) is 0. The van der Waals surface area contributed by atoms with E-state index in [0.717, 1.165) is 60.0 Å². The van der Waals surface area contributed by atoms with Crippen LogP contribution in [-0.2, 0) is 25.9 Å². The maximum atomic E-state index is 5.89. The predicted octanol–water partition coefficient (Wildman–Crippen LogP) is 2.12. The smallest absolute Gasteiger partial charge is 0.231 e. The van der Waals surface area contributed by atoms with Gasteiger partial charge in [0.2, 0.25) is 6.79 Å². The lowest BCUT2D eigenvalue weighted by atomic mass is 9.80. The van der Waals surface area contributed by atoms with Gasteiger partial charge in [-0.05, 0) is 41.8 Å². The van der Waals surface area contributed by atoms with Crippen molar-refractivity contribution in [1.29, 1.82) is 0 Å². The first-order chi connectivity index (χ1) is 16.1. The van der Waals surface area contributed by atoms with Crippen LogP contribution in [0.3, 0.4) is 0 Å². The Morgan fingerprint density at radius 1 is 0.971 bits per heavy atom. The summed E-state index contributed by atoms with van der Waals surface area (Å²) in [5, 5.41) is 0. The molecule has 0 amide bonds. The van der Waals surface area contributed by atoms with E-state index in [1.54, 1.807) is 14.2 Å². The van der Waals surface area contributed by atoms with Gasteiger partial charge in [-0.2, -0.15) is 0 Å². The van der Waals surface area contributed by atoms with Crippen molar-refractivity contribution in [2.24, 2.45) is 0 Å². The van der Waals surface area contributed by atoms with Crippen LogP contribution in [0, 0.1) is 6.92 Å². The lowest BCUT2D eigenvalue weighted by Crippen LogP contribution is -3.00. The molecule has 2 atom stereocenters. The molecule has 3 aromatic carbocycles. The molecule has 5 nitrogen and oxygen atoms in total. The van der Waals surface area contributed by atoms with Gasteiger partial charge in [0.1, 0.15) is 19.1 Å². The zero-order valence-corrected chi connectivity index (χ0v) is 20.7. The number of methoxy groups -OCH3 is 2. The van der Waals surface area contributed by atoms with Gasteiger partial charge < -0.3 is 35.8 Å². The minimum Gasteiger partial charge on any atom is -1.00 e. The van der Waals surface area contributed by atoms with Crippen molar-refractivity contribution in [3.05, 3.63) is 81.9 Å². The summed E-state index contributed by atoms with van der Waals surface area (Å²) in [6.45, 7) is 5.52. The Labute approximate surface area is 207 Å². The van der Waals surface area contributed by atoms with Crippen LogP contribution >= 0.6 is 0 Å². The predicted molar refractivity (Wildman–Crippen MR) is 126 cm³/mol. The van der Waals surface area contributed by atoms with E-state index >= 15 is 0 Å². The second-order valence-electron chi connectivity index (χ2n) is 9.50. The Kier molecular flexibility index (Phi) is 5.86. The zero-order valence-electron chi connectivity index (χ0n) is 19.9. The van der Waals surface area contributed by atoms with Crippen molar-refractivity contribution >= 4 is 0 Å². The lowest BCUT2D eigenvalue weighted by Gasteiger charge is -2.51. The van der Waals surface area contributed by atoms with Gasteiger partial charge in [0.25, 0.3) is 0 Å². The average molecular weight is 480 g/mol. The Morgan fingerprint density at radius 3 is 2.53 bits per heavy atom. The topological polar surface area (TPSA) is 36.9 Å². The van der Waals surface area contributed by atoms with Crippen LogP contribution in [0.4, 0.5) is 0 Å². The van der Waals surface area contributed by atoms with Crippen LogP contribution in [0.15, 0.2) is 48.5 Å². The Balaban J connectivity index is 0.00000241. The van der Waals surface area contributed by atoms with Crippen LogP contribution in [0.1, 0.15) is 39.4 Å². The van der Waals surface area contributed by atoms with E-state index in [0.29, 0.717) is 12.8 Å². The van der Waals surface area contributed by atoms with Gasteiger partial charge in [-0.25, -0.2) is 0 Å². The van der Waals surface area contributed by atoms with Gasteiger partial charge in [-0.3, -0.25) is 0 Å². The van der Waals surface area contributed by atoms with E-state index in [2.05, 4.69) is 49.4 Å². The third-order valence-electron chi connectivity index (χ3n) is 7.86. The summed E-state index contributed by atoms with van der Waals surface area (Å²) < 4.78 is 24.0. The van der Waals surface area contributed by atoms with Crippen molar-refractivity contribution in [2.45, 2.75) is 38.9 Å². The molecule has 0 radical (unpaired) electrons. The van der Waals surface area contributed by atoms with Crippen molar-refractivity contribution in [3.8, 4) is 23.0 Å². The van der Waals surface area contributed by atoms with Gasteiger partial charge >= 0.3 is 0 Å². The third kappa shape index (κ3) is 3.50. The summed E-state index contributed by atoms with van der Waals surface area (Å²) in [6.07, 6.45) is 1.99. The number of quaternary nitrogens is 1.